The predicted molar refractivity (Wildman–Crippen MR) is 133 cm³/mol. The number of sulfonamides is 1. The maximum atomic E-state index is 11.5. The van der Waals surface area contributed by atoms with Gasteiger partial charge in [0, 0.05) is 43.6 Å². The van der Waals surface area contributed by atoms with Gasteiger partial charge in [-0.3, -0.25) is 0 Å². The molecule has 0 radical (unpaired) electrons. The summed E-state index contributed by atoms with van der Waals surface area (Å²) in [5.74, 6) is 0.987. The van der Waals surface area contributed by atoms with Crippen molar-refractivity contribution in [3.8, 4) is 11.1 Å². The molecule has 1 saturated heterocycles. The van der Waals surface area contributed by atoms with Gasteiger partial charge in [0.1, 0.15) is 5.82 Å². The molecule has 33 heavy (non-hydrogen) atoms. The Labute approximate surface area is 200 Å². The van der Waals surface area contributed by atoms with Gasteiger partial charge in [-0.25, -0.2) is 18.5 Å². The number of rotatable bonds is 5. The van der Waals surface area contributed by atoms with Crippen molar-refractivity contribution in [2.45, 2.75) is 37.1 Å². The van der Waals surface area contributed by atoms with Crippen LogP contribution >= 0.6 is 11.6 Å². The standard InChI is InChI=1S/C25H27ClN4O2S/c26-23-16-28-25(29-11-2-1-3-12-29)15-22(23)20-7-6-19-10-13-30(24(19)14-20)17-18-4-8-21(9-5-18)33(27,31)32/h4-9,14-16H,1-3,10-13,17H2,(H2,27,31,32). The zero-order valence-electron chi connectivity index (χ0n) is 18.4. The van der Waals surface area contributed by atoms with Crippen molar-refractivity contribution < 1.29 is 8.42 Å². The molecule has 8 heteroatoms. The number of aromatic nitrogens is 1. The van der Waals surface area contributed by atoms with Gasteiger partial charge in [-0.15, -0.1) is 0 Å². The third-order valence-corrected chi connectivity index (χ3v) is 7.76. The van der Waals surface area contributed by atoms with Gasteiger partial charge in [0.15, 0.2) is 0 Å². The summed E-state index contributed by atoms with van der Waals surface area (Å²) < 4.78 is 23.1. The number of piperidine rings is 1. The molecule has 0 atom stereocenters. The molecule has 2 aliphatic heterocycles. The smallest absolute Gasteiger partial charge is 0.238 e. The number of hydrogen-bond donors (Lipinski definition) is 1. The van der Waals surface area contributed by atoms with E-state index >= 15 is 0 Å². The van der Waals surface area contributed by atoms with Crippen molar-refractivity contribution in [1.29, 1.82) is 0 Å². The molecule has 1 aromatic heterocycles. The fourth-order valence-corrected chi connectivity index (χ4v) is 5.45. The van der Waals surface area contributed by atoms with Crippen LogP contribution in [0.4, 0.5) is 11.5 Å². The Morgan fingerprint density at radius 2 is 1.73 bits per heavy atom. The number of primary sulfonamides is 1. The average molecular weight is 483 g/mol. The van der Waals surface area contributed by atoms with Crippen LogP contribution in [0.5, 0.6) is 0 Å². The highest BCUT2D eigenvalue weighted by Gasteiger charge is 2.21. The second-order valence-corrected chi connectivity index (χ2v) is 10.7. The van der Waals surface area contributed by atoms with Crippen LogP contribution in [0.25, 0.3) is 11.1 Å². The maximum absolute atomic E-state index is 11.5. The highest BCUT2D eigenvalue weighted by Crippen LogP contribution is 2.37. The average Bonchev–Trinajstić information content (AvgIpc) is 3.21. The summed E-state index contributed by atoms with van der Waals surface area (Å²) in [6.45, 7) is 3.69. The van der Waals surface area contributed by atoms with Crippen molar-refractivity contribution in [2.75, 3.05) is 29.4 Å². The maximum Gasteiger partial charge on any atom is 0.238 e. The Kier molecular flexibility index (Phi) is 6.03. The largest absolute Gasteiger partial charge is 0.367 e. The van der Waals surface area contributed by atoms with E-state index in [0.29, 0.717) is 11.6 Å². The minimum atomic E-state index is -3.68. The van der Waals surface area contributed by atoms with Crippen molar-refractivity contribution >= 4 is 33.1 Å². The molecule has 0 bridgehead atoms. The van der Waals surface area contributed by atoms with Crippen LogP contribution < -0.4 is 14.9 Å². The topological polar surface area (TPSA) is 79.5 Å². The first-order chi connectivity index (χ1) is 15.9. The molecule has 5 rings (SSSR count). The molecule has 3 aromatic rings. The Morgan fingerprint density at radius 1 is 0.970 bits per heavy atom. The molecular formula is C25H27ClN4O2S. The normalized spacial score (nSPS) is 16.2. The number of fused-ring (bicyclic) bond motifs is 1. The van der Waals surface area contributed by atoms with E-state index in [1.54, 1.807) is 18.3 Å². The van der Waals surface area contributed by atoms with Crippen LogP contribution in [-0.2, 0) is 23.0 Å². The summed E-state index contributed by atoms with van der Waals surface area (Å²) in [6, 6.07) is 15.4. The second-order valence-electron chi connectivity index (χ2n) is 8.77. The third kappa shape index (κ3) is 4.71. The lowest BCUT2D eigenvalue weighted by molar-refractivity contribution is 0.573. The molecule has 6 nitrogen and oxygen atoms in total. The number of nitrogens with two attached hydrogens (primary N) is 1. The molecule has 0 spiro atoms. The summed E-state index contributed by atoms with van der Waals surface area (Å²) in [6.07, 6.45) is 6.42. The van der Waals surface area contributed by atoms with Gasteiger partial charge in [0.25, 0.3) is 0 Å². The minimum Gasteiger partial charge on any atom is -0.367 e. The van der Waals surface area contributed by atoms with Crippen molar-refractivity contribution in [3.63, 3.8) is 0 Å². The Hall–Kier alpha value is -2.61. The highest BCUT2D eigenvalue weighted by atomic mass is 35.5. The van der Waals surface area contributed by atoms with Gasteiger partial charge >= 0.3 is 0 Å². The molecule has 0 saturated carbocycles. The SMILES string of the molecule is NS(=O)(=O)c1ccc(CN2CCc3ccc(-c4cc(N5CCCCC5)ncc4Cl)cc32)cc1. The van der Waals surface area contributed by atoms with Crippen molar-refractivity contribution in [3.05, 3.63) is 70.9 Å². The molecule has 172 valence electrons. The molecule has 2 aromatic carbocycles. The second kappa shape index (κ2) is 8.97. The quantitative estimate of drug-likeness (QED) is 0.574. The van der Waals surface area contributed by atoms with Crippen molar-refractivity contribution in [2.24, 2.45) is 5.14 Å². The Balaban J connectivity index is 1.41. The van der Waals surface area contributed by atoms with E-state index in [9.17, 15) is 8.42 Å². The lowest BCUT2D eigenvalue weighted by atomic mass is 10.0. The molecule has 0 amide bonds. The fourth-order valence-electron chi connectivity index (χ4n) is 4.73. The van der Waals surface area contributed by atoms with Crippen LogP contribution in [0.2, 0.25) is 5.02 Å². The van der Waals surface area contributed by atoms with E-state index in [-0.39, 0.29) is 4.90 Å². The number of pyridine rings is 1. The van der Waals surface area contributed by atoms with Gasteiger partial charge in [0.05, 0.1) is 9.92 Å². The fraction of sp³-hybridized carbons (Fsp3) is 0.320. The summed E-state index contributed by atoms with van der Waals surface area (Å²) in [5.41, 5.74) is 5.61. The van der Waals surface area contributed by atoms with Gasteiger partial charge in [-0.2, -0.15) is 0 Å². The minimum absolute atomic E-state index is 0.132. The van der Waals surface area contributed by atoms with Crippen LogP contribution in [0.1, 0.15) is 30.4 Å². The summed E-state index contributed by atoms with van der Waals surface area (Å²) in [7, 11) is -3.68. The molecule has 2 aliphatic rings. The van der Waals surface area contributed by atoms with Crippen molar-refractivity contribution in [1.82, 2.24) is 4.98 Å². The van der Waals surface area contributed by atoms with Gasteiger partial charge in [-0.1, -0.05) is 35.9 Å². The first kappa shape index (κ1) is 22.2. The first-order valence-corrected chi connectivity index (χ1v) is 13.2. The summed E-state index contributed by atoms with van der Waals surface area (Å²) >= 11 is 6.58. The first-order valence-electron chi connectivity index (χ1n) is 11.3. The Bertz CT molecular complexity index is 1270. The summed E-state index contributed by atoms with van der Waals surface area (Å²) in [4.78, 5) is 9.39. The molecule has 0 aliphatic carbocycles. The molecule has 0 unspecified atom stereocenters. The zero-order chi connectivity index (χ0) is 23.0. The highest BCUT2D eigenvalue weighted by molar-refractivity contribution is 7.89. The van der Waals surface area contributed by atoms with Crippen LogP contribution in [0, 0.1) is 0 Å². The molecular weight excluding hydrogens is 456 g/mol. The molecule has 1 fully saturated rings. The predicted octanol–water partition coefficient (Wildman–Crippen LogP) is 4.60. The number of nitrogens with zero attached hydrogens (tertiary/aromatic N) is 3. The van der Waals surface area contributed by atoms with E-state index in [1.165, 1.54) is 30.5 Å². The monoisotopic (exact) mass is 482 g/mol. The number of benzene rings is 2. The molecule has 3 heterocycles. The molecule has 2 N–H and O–H groups in total. The van der Waals surface area contributed by atoms with Crippen LogP contribution in [0.3, 0.4) is 0 Å². The zero-order valence-corrected chi connectivity index (χ0v) is 19.9. The van der Waals surface area contributed by atoms with E-state index < -0.39 is 10.0 Å². The van der Waals surface area contributed by atoms with E-state index in [4.69, 9.17) is 16.7 Å². The number of halogens is 1. The van der Waals surface area contributed by atoms with Gasteiger partial charge in [-0.05, 0) is 66.6 Å². The van der Waals surface area contributed by atoms with E-state index in [2.05, 4.69) is 39.0 Å². The Morgan fingerprint density at radius 3 is 2.45 bits per heavy atom. The lowest BCUT2D eigenvalue weighted by Gasteiger charge is -2.28. The van der Waals surface area contributed by atoms with Gasteiger partial charge < -0.3 is 9.80 Å². The number of hydrogen-bond acceptors (Lipinski definition) is 5. The lowest BCUT2D eigenvalue weighted by Crippen LogP contribution is -2.30. The summed E-state index contributed by atoms with van der Waals surface area (Å²) in [5, 5.41) is 5.87. The third-order valence-electron chi connectivity index (χ3n) is 6.53. The number of anilines is 2. The van der Waals surface area contributed by atoms with Crippen LogP contribution in [0.15, 0.2) is 59.6 Å². The van der Waals surface area contributed by atoms with Gasteiger partial charge in [0.2, 0.25) is 10.0 Å². The van der Waals surface area contributed by atoms with E-state index in [1.807, 2.05) is 12.1 Å². The van der Waals surface area contributed by atoms with E-state index in [0.717, 1.165) is 48.6 Å². The van der Waals surface area contributed by atoms with Crippen LogP contribution in [-0.4, -0.2) is 33.0 Å².